The number of aromatic nitrogens is 5. The number of carbonyl (C=O) groups excluding carboxylic acids is 2. The first-order valence-electron chi connectivity index (χ1n) is 16.7. The molecule has 1 saturated carbocycles. The van der Waals surface area contributed by atoms with Gasteiger partial charge in [-0.05, 0) is 82.4 Å². The molecule has 0 radical (unpaired) electrons. The summed E-state index contributed by atoms with van der Waals surface area (Å²) in [5.74, 6) is -6.56. The van der Waals surface area contributed by atoms with E-state index in [2.05, 4.69) is 15.7 Å². The summed E-state index contributed by atoms with van der Waals surface area (Å²) >= 11 is 0. The van der Waals surface area contributed by atoms with Crippen molar-refractivity contribution >= 4 is 17.5 Å². The van der Waals surface area contributed by atoms with Gasteiger partial charge in [0.05, 0.1) is 35.1 Å². The van der Waals surface area contributed by atoms with Crippen molar-refractivity contribution in [2.24, 2.45) is 17.8 Å². The summed E-state index contributed by atoms with van der Waals surface area (Å²) in [5, 5.41) is 14.5. The molecule has 1 aliphatic carbocycles. The number of carbonyl (C=O) groups is 2. The molecule has 2 aliphatic heterocycles. The molecule has 3 fully saturated rings. The van der Waals surface area contributed by atoms with Gasteiger partial charge in [-0.3, -0.25) is 14.3 Å². The van der Waals surface area contributed by atoms with Crippen LogP contribution in [0.1, 0.15) is 105 Å². The van der Waals surface area contributed by atoms with Crippen molar-refractivity contribution in [2.45, 2.75) is 108 Å². The van der Waals surface area contributed by atoms with Crippen LogP contribution < -0.4 is 10.6 Å². The fourth-order valence-electron chi connectivity index (χ4n) is 7.53. The third-order valence-corrected chi connectivity index (χ3v) is 10.2. The van der Waals surface area contributed by atoms with Crippen LogP contribution in [0, 0.1) is 17.8 Å². The van der Waals surface area contributed by atoms with E-state index in [4.69, 9.17) is 14.8 Å². The minimum absolute atomic E-state index is 0.00780. The highest BCUT2D eigenvalue weighted by Gasteiger charge is 2.45. The van der Waals surface area contributed by atoms with Gasteiger partial charge in [-0.25, -0.2) is 18.3 Å². The van der Waals surface area contributed by atoms with Gasteiger partial charge in [-0.1, -0.05) is 0 Å². The highest BCUT2D eigenvalue weighted by molar-refractivity contribution is 5.92. The van der Waals surface area contributed by atoms with Crippen LogP contribution >= 0.6 is 0 Å². The first-order chi connectivity index (χ1) is 22.6. The smallest absolute Gasteiger partial charge is 0.376 e. The topological polar surface area (TPSA) is 115 Å². The Morgan fingerprint density at radius 1 is 1.21 bits per heavy atom. The maximum absolute atomic E-state index is 14.2. The molecule has 0 aromatic carbocycles. The van der Waals surface area contributed by atoms with Crippen molar-refractivity contribution in [2.75, 3.05) is 13.2 Å². The van der Waals surface area contributed by atoms with Crippen LogP contribution in [0.25, 0.3) is 5.65 Å². The zero-order valence-electron chi connectivity index (χ0n) is 27.3. The van der Waals surface area contributed by atoms with Gasteiger partial charge in [-0.15, -0.1) is 0 Å². The molecule has 6 rings (SSSR count). The summed E-state index contributed by atoms with van der Waals surface area (Å²) in [6.07, 6.45) is -0.569. The zero-order valence-corrected chi connectivity index (χ0v) is 27.3. The van der Waals surface area contributed by atoms with Crippen LogP contribution in [0.3, 0.4) is 0 Å². The Bertz CT molecular complexity index is 1640. The lowest BCUT2D eigenvalue weighted by molar-refractivity contribution is -0.183. The minimum Gasteiger partial charge on any atom is -0.376 e. The maximum atomic E-state index is 14.2. The maximum Gasteiger partial charge on any atom is 0.393 e. The molecule has 5 heterocycles. The van der Waals surface area contributed by atoms with Crippen LogP contribution in [0.5, 0.6) is 0 Å². The molecule has 3 aliphatic rings. The number of imidazole rings is 1. The average molecular weight is 680 g/mol. The third-order valence-electron chi connectivity index (χ3n) is 10.2. The van der Waals surface area contributed by atoms with Crippen LogP contribution in [0.15, 0.2) is 24.5 Å². The Labute approximate surface area is 275 Å². The Balaban J connectivity index is 1.38. The average Bonchev–Trinajstić information content (AvgIpc) is 3.66. The van der Waals surface area contributed by atoms with E-state index >= 15 is 0 Å². The molecular formula is C33H42F5N7O3. The van der Waals surface area contributed by atoms with Crippen molar-refractivity contribution in [3.8, 4) is 0 Å². The largest absolute Gasteiger partial charge is 0.393 e. The number of rotatable bonds is 8. The molecule has 2 N–H and O–H groups in total. The van der Waals surface area contributed by atoms with E-state index < -0.39 is 53.9 Å². The minimum atomic E-state index is -4.44. The summed E-state index contributed by atoms with van der Waals surface area (Å²) < 4.78 is 78.4. The number of piperidine rings is 1. The molecule has 10 nitrogen and oxygen atoms in total. The standard InChI is InChI=1S/C33H42F5N7O3/c1-4-44-26(7-11-40-44)30(47)42-28(19-5-9-32(34,35)10-6-19)25-18-45-27(41-25)15-23(20-8-12-48-31(2,3)16-20)24(43-45)14-21-13-22(33(36,37)38)17-39-29(21)46/h7,11,15,18-22,28H,4-6,8-10,12-14,16-17H2,1-3H3,(H,39,46)(H,42,47)/t20?,21-,22-,28+/m1/s1. The van der Waals surface area contributed by atoms with E-state index in [-0.39, 0.29) is 50.4 Å². The fourth-order valence-corrected chi connectivity index (χ4v) is 7.53. The van der Waals surface area contributed by atoms with Gasteiger partial charge >= 0.3 is 6.18 Å². The molecule has 4 atom stereocenters. The fraction of sp³-hybridized carbons (Fsp3) is 0.667. The first-order valence-corrected chi connectivity index (χ1v) is 16.7. The summed E-state index contributed by atoms with van der Waals surface area (Å²) in [6, 6.07) is 2.75. The van der Waals surface area contributed by atoms with Crippen molar-refractivity contribution in [3.63, 3.8) is 0 Å². The quantitative estimate of drug-likeness (QED) is 0.292. The first kappa shape index (κ1) is 34.3. The number of ether oxygens (including phenoxy) is 1. The lowest BCUT2D eigenvalue weighted by atomic mass is 9.80. The second-order valence-corrected chi connectivity index (χ2v) is 14.1. The van der Waals surface area contributed by atoms with E-state index in [0.717, 1.165) is 5.56 Å². The van der Waals surface area contributed by atoms with E-state index in [1.807, 2.05) is 26.8 Å². The van der Waals surface area contributed by atoms with E-state index in [1.165, 1.54) is 10.7 Å². The molecule has 3 aromatic rings. The highest BCUT2D eigenvalue weighted by atomic mass is 19.4. The monoisotopic (exact) mass is 679 g/mol. The predicted octanol–water partition coefficient (Wildman–Crippen LogP) is 5.77. The molecule has 1 unspecified atom stereocenters. The number of aryl methyl sites for hydroxylation is 1. The number of amides is 2. The van der Waals surface area contributed by atoms with Gasteiger partial charge in [0.15, 0.2) is 5.65 Å². The normalized spacial score (nSPS) is 25.5. The number of halogens is 5. The molecule has 15 heteroatoms. The number of nitrogens with zero attached hydrogens (tertiary/aromatic N) is 5. The number of hydrogen-bond acceptors (Lipinski definition) is 6. The van der Waals surface area contributed by atoms with Gasteiger partial charge in [0.1, 0.15) is 5.69 Å². The summed E-state index contributed by atoms with van der Waals surface area (Å²) in [4.78, 5) is 31.2. The predicted molar refractivity (Wildman–Crippen MR) is 164 cm³/mol. The molecule has 0 spiro atoms. The van der Waals surface area contributed by atoms with Crippen LogP contribution in [-0.4, -0.2) is 67.0 Å². The van der Waals surface area contributed by atoms with Crippen molar-refractivity contribution < 1.29 is 36.3 Å². The SMILES string of the molecule is CCn1nccc1C(=O)N[C@H](c1cn2nc(C[C@H]3C[C@@H](C(F)(F)F)CNC3=O)c(C3CCOC(C)(C)C3)cc2n1)C1CCC(F)(F)CC1. The zero-order chi connectivity index (χ0) is 34.4. The lowest BCUT2D eigenvalue weighted by Crippen LogP contribution is -2.47. The van der Waals surface area contributed by atoms with E-state index in [9.17, 15) is 31.5 Å². The van der Waals surface area contributed by atoms with Gasteiger partial charge < -0.3 is 15.4 Å². The molecule has 262 valence electrons. The molecule has 3 aromatic heterocycles. The van der Waals surface area contributed by atoms with Crippen LogP contribution in [0.2, 0.25) is 0 Å². The molecule has 0 bridgehead atoms. The Morgan fingerprint density at radius 3 is 2.65 bits per heavy atom. The van der Waals surface area contributed by atoms with Gasteiger partial charge in [0.2, 0.25) is 11.8 Å². The Kier molecular flexibility index (Phi) is 9.28. The molecular weight excluding hydrogens is 637 g/mol. The van der Waals surface area contributed by atoms with E-state index in [0.29, 0.717) is 48.7 Å². The molecule has 2 amide bonds. The van der Waals surface area contributed by atoms with E-state index in [1.54, 1.807) is 16.9 Å². The highest BCUT2D eigenvalue weighted by Crippen LogP contribution is 2.43. The number of fused-ring (bicyclic) bond motifs is 1. The number of alkyl halides is 5. The van der Waals surface area contributed by atoms with Crippen molar-refractivity contribution in [1.29, 1.82) is 0 Å². The molecule has 2 saturated heterocycles. The Morgan fingerprint density at radius 2 is 1.96 bits per heavy atom. The van der Waals surface area contributed by atoms with Crippen molar-refractivity contribution in [3.05, 3.63) is 47.2 Å². The summed E-state index contributed by atoms with van der Waals surface area (Å²) in [6.45, 7) is 6.31. The molecule has 48 heavy (non-hydrogen) atoms. The van der Waals surface area contributed by atoms with Gasteiger partial charge in [0.25, 0.3) is 5.91 Å². The second kappa shape index (κ2) is 13.0. The Hall–Kier alpha value is -3.62. The van der Waals surface area contributed by atoms with Crippen LogP contribution in [-0.2, 0) is 22.5 Å². The van der Waals surface area contributed by atoms with Crippen LogP contribution in [0.4, 0.5) is 22.0 Å². The third kappa shape index (κ3) is 7.35. The summed E-state index contributed by atoms with van der Waals surface area (Å²) in [5.41, 5.74) is 2.08. The lowest BCUT2D eigenvalue weighted by Gasteiger charge is -2.36. The van der Waals surface area contributed by atoms with Crippen molar-refractivity contribution in [1.82, 2.24) is 35.0 Å². The van der Waals surface area contributed by atoms with Gasteiger partial charge in [0, 0.05) is 51.1 Å². The van der Waals surface area contributed by atoms with Gasteiger partial charge in [-0.2, -0.15) is 23.4 Å². The second-order valence-electron chi connectivity index (χ2n) is 14.1. The number of nitrogens with one attached hydrogen (secondary N) is 2. The number of hydrogen-bond donors (Lipinski definition) is 2. The summed E-state index contributed by atoms with van der Waals surface area (Å²) in [7, 11) is 0.